The van der Waals surface area contributed by atoms with E-state index >= 15 is 0 Å². The van der Waals surface area contributed by atoms with Crippen LogP contribution in [0.4, 0.5) is 0 Å². The summed E-state index contributed by atoms with van der Waals surface area (Å²) in [6.45, 7) is 3.68. The van der Waals surface area contributed by atoms with Crippen LogP contribution in [-0.2, 0) is 0 Å². The Morgan fingerprint density at radius 3 is 2.21 bits per heavy atom. The van der Waals surface area contributed by atoms with Crippen molar-refractivity contribution in [1.29, 1.82) is 0 Å². The maximum atomic E-state index is 10.6. The van der Waals surface area contributed by atoms with Gasteiger partial charge in [0.1, 0.15) is 17.1 Å². The minimum absolute atomic E-state index is 0.0312. The molecular weight excluding hydrogens is 184 g/mol. The largest absolute Gasteiger partial charge is 0.508 e. The Kier molecular flexibility index (Phi) is 2.65. The van der Waals surface area contributed by atoms with Gasteiger partial charge in [-0.3, -0.25) is 0 Å². The monoisotopic (exact) mass is 196 g/mol. The minimum atomic E-state index is -1.26. The average Bonchev–Trinajstić information content (AvgIpc) is 2.07. The standard InChI is InChI=1S/C10H12O4/c1-5(2)6-3-9(12)7(10(13)14)4-8(6)11/h3-5,11-12H,1-2H3,(H,13,14). The Balaban J connectivity index is 3.31. The lowest BCUT2D eigenvalue weighted by atomic mass is 9.99. The van der Waals surface area contributed by atoms with Crippen molar-refractivity contribution >= 4 is 5.97 Å². The number of phenols is 2. The van der Waals surface area contributed by atoms with Crippen LogP contribution in [0.2, 0.25) is 0 Å². The maximum absolute atomic E-state index is 10.6. The molecule has 0 heterocycles. The van der Waals surface area contributed by atoms with Gasteiger partial charge in [0.25, 0.3) is 0 Å². The smallest absolute Gasteiger partial charge is 0.339 e. The number of carbonyl (C=O) groups is 1. The van der Waals surface area contributed by atoms with Gasteiger partial charge in [-0.15, -0.1) is 0 Å². The number of phenolic OH excluding ortho intramolecular Hbond substituents is 1. The van der Waals surface area contributed by atoms with Crippen LogP contribution in [0.5, 0.6) is 11.5 Å². The minimum Gasteiger partial charge on any atom is -0.508 e. The molecule has 0 spiro atoms. The molecule has 0 saturated carbocycles. The zero-order chi connectivity index (χ0) is 10.9. The quantitative estimate of drug-likeness (QED) is 0.631. The number of hydrogen-bond donors (Lipinski definition) is 3. The summed E-state index contributed by atoms with van der Waals surface area (Å²) in [6.07, 6.45) is 0. The van der Waals surface area contributed by atoms with Crippen molar-refractivity contribution in [2.24, 2.45) is 0 Å². The molecule has 0 fully saturated rings. The first-order valence-corrected chi connectivity index (χ1v) is 4.22. The Bertz CT molecular complexity index is 369. The van der Waals surface area contributed by atoms with E-state index in [2.05, 4.69) is 0 Å². The van der Waals surface area contributed by atoms with Crippen LogP contribution in [0.3, 0.4) is 0 Å². The molecule has 0 aliphatic carbocycles. The van der Waals surface area contributed by atoms with E-state index in [4.69, 9.17) is 5.11 Å². The summed E-state index contributed by atoms with van der Waals surface area (Å²) < 4.78 is 0. The second kappa shape index (κ2) is 3.57. The molecule has 0 aromatic heterocycles. The van der Waals surface area contributed by atoms with Crippen LogP contribution in [-0.4, -0.2) is 21.3 Å². The fraction of sp³-hybridized carbons (Fsp3) is 0.300. The predicted octanol–water partition coefficient (Wildman–Crippen LogP) is 1.92. The van der Waals surface area contributed by atoms with Crippen LogP contribution in [0.1, 0.15) is 35.7 Å². The zero-order valence-electron chi connectivity index (χ0n) is 7.98. The number of aromatic carboxylic acids is 1. The van der Waals surface area contributed by atoms with Crippen LogP contribution in [0, 0.1) is 0 Å². The molecule has 1 rings (SSSR count). The highest BCUT2D eigenvalue weighted by atomic mass is 16.4. The summed E-state index contributed by atoms with van der Waals surface area (Å²) in [5.41, 5.74) is 0.249. The zero-order valence-corrected chi connectivity index (χ0v) is 7.98. The maximum Gasteiger partial charge on any atom is 0.339 e. The van der Waals surface area contributed by atoms with Gasteiger partial charge in [0.15, 0.2) is 0 Å². The van der Waals surface area contributed by atoms with Crippen molar-refractivity contribution < 1.29 is 20.1 Å². The Hall–Kier alpha value is -1.71. The van der Waals surface area contributed by atoms with Gasteiger partial charge >= 0.3 is 5.97 Å². The Morgan fingerprint density at radius 1 is 1.21 bits per heavy atom. The van der Waals surface area contributed by atoms with E-state index in [1.165, 1.54) is 6.07 Å². The first-order valence-electron chi connectivity index (χ1n) is 4.22. The van der Waals surface area contributed by atoms with Crippen LogP contribution in [0.15, 0.2) is 12.1 Å². The normalized spacial score (nSPS) is 10.5. The van der Waals surface area contributed by atoms with Crippen LogP contribution in [0.25, 0.3) is 0 Å². The molecule has 3 N–H and O–H groups in total. The van der Waals surface area contributed by atoms with Gasteiger partial charge < -0.3 is 15.3 Å². The van der Waals surface area contributed by atoms with Gasteiger partial charge in [0.2, 0.25) is 0 Å². The van der Waals surface area contributed by atoms with E-state index < -0.39 is 5.97 Å². The molecule has 0 aliphatic rings. The molecular formula is C10H12O4. The highest BCUT2D eigenvalue weighted by Gasteiger charge is 2.15. The molecule has 0 saturated heterocycles. The Labute approximate surface area is 81.4 Å². The molecule has 0 amide bonds. The molecule has 1 aromatic rings. The highest BCUT2D eigenvalue weighted by Crippen LogP contribution is 2.31. The summed E-state index contributed by atoms with van der Waals surface area (Å²) in [5, 5.41) is 27.5. The van der Waals surface area contributed by atoms with E-state index in [0.29, 0.717) is 5.56 Å². The van der Waals surface area contributed by atoms with E-state index in [1.807, 2.05) is 13.8 Å². The van der Waals surface area contributed by atoms with Gasteiger partial charge in [-0.25, -0.2) is 4.79 Å². The van der Waals surface area contributed by atoms with Gasteiger partial charge in [-0.05, 0) is 18.1 Å². The van der Waals surface area contributed by atoms with Crippen molar-refractivity contribution in [2.45, 2.75) is 19.8 Å². The third-order valence-corrected chi connectivity index (χ3v) is 2.00. The summed E-state index contributed by atoms with van der Waals surface area (Å²) >= 11 is 0. The molecule has 14 heavy (non-hydrogen) atoms. The van der Waals surface area contributed by atoms with Gasteiger partial charge in [-0.1, -0.05) is 13.8 Å². The molecule has 4 nitrogen and oxygen atoms in total. The third kappa shape index (κ3) is 1.79. The fourth-order valence-electron chi connectivity index (χ4n) is 1.23. The lowest BCUT2D eigenvalue weighted by molar-refractivity contribution is 0.0693. The van der Waals surface area contributed by atoms with E-state index in [0.717, 1.165) is 6.07 Å². The van der Waals surface area contributed by atoms with Crippen LogP contribution >= 0.6 is 0 Å². The summed E-state index contributed by atoms with van der Waals surface area (Å²) in [7, 11) is 0. The number of carboxylic acid groups (broad SMARTS) is 1. The second-order valence-corrected chi connectivity index (χ2v) is 3.39. The molecule has 76 valence electrons. The van der Waals surface area contributed by atoms with E-state index in [1.54, 1.807) is 0 Å². The average molecular weight is 196 g/mol. The molecule has 0 unspecified atom stereocenters. The summed E-state index contributed by atoms with van der Waals surface area (Å²) in [6, 6.07) is 2.34. The lowest BCUT2D eigenvalue weighted by Crippen LogP contribution is -1.98. The van der Waals surface area contributed by atoms with Crippen molar-refractivity contribution in [3.8, 4) is 11.5 Å². The number of hydrogen-bond acceptors (Lipinski definition) is 3. The highest BCUT2D eigenvalue weighted by molar-refractivity contribution is 5.91. The topological polar surface area (TPSA) is 77.8 Å². The number of benzene rings is 1. The van der Waals surface area contributed by atoms with Crippen molar-refractivity contribution in [1.82, 2.24) is 0 Å². The van der Waals surface area contributed by atoms with Crippen molar-refractivity contribution in [3.63, 3.8) is 0 Å². The lowest BCUT2D eigenvalue weighted by Gasteiger charge is -2.10. The van der Waals surface area contributed by atoms with E-state index in [9.17, 15) is 15.0 Å². The van der Waals surface area contributed by atoms with E-state index in [-0.39, 0.29) is 23.0 Å². The molecule has 0 aliphatic heterocycles. The van der Waals surface area contributed by atoms with Crippen LogP contribution < -0.4 is 0 Å². The number of carboxylic acids is 1. The van der Waals surface area contributed by atoms with Gasteiger partial charge in [0.05, 0.1) is 0 Å². The molecule has 1 aromatic carbocycles. The third-order valence-electron chi connectivity index (χ3n) is 2.00. The Morgan fingerprint density at radius 2 is 1.79 bits per heavy atom. The molecule has 0 bridgehead atoms. The van der Waals surface area contributed by atoms with Crippen molar-refractivity contribution in [3.05, 3.63) is 23.3 Å². The summed E-state index contributed by atoms with van der Waals surface area (Å²) in [5.74, 6) is -1.65. The SMILES string of the molecule is CC(C)c1cc(O)c(C(=O)O)cc1O. The summed E-state index contributed by atoms with van der Waals surface area (Å²) in [4.78, 5) is 10.6. The predicted molar refractivity (Wildman–Crippen MR) is 50.8 cm³/mol. The van der Waals surface area contributed by atoms with Gasteiger partial charge in [-0.2, -0.15) is 0 Å². The molecule has 0 atom stereocenters. The number of rotatable bonds is 2. The molecule has 0 radical (unpaired) electrons. The first-order chi connectivity index (χ1) is 6.43. The number of aromatic hydroxyl groups is 2. The van der Waals surface area contributed by atoms with Crippen molar-refractivity contribution in [2.75, 3.05) is 0 Å². The second-order valence-electron chi connectivity index (χ2n) is 3.39. The fourth-order valence-corrected chi connectivity index (χ4v) is 1.23. The first kappa shape index (κ1) is 10.4. The van der Waals surface area contributed by atoms with Gasteiger partial charge in [0, 0.05) is 5.56 Å². The molecule has 4 heteroatoms.